The van der Waals surface area contributed by atoms with Crippen LogP contribution < -0.4 is 0 Å². The smallest absolute Gasteiger partial charge is 0.264 e. The van der Waals surface area contributed by atoms with Crippen molar-refractivity contribution >= 4 is 17.4 Å². The lowest BCUT2D eigenvalue weighted by Crippen LogP contribution is -2.01. The summed E-state index contributed by atoms with van der Waals surface area (Å²) in [7, 11) is 0. The maximum Gasteiger partial charge on any atom is 0.264 e. The van der Waals surface area contributed by atoms with Gasteiger partial charge < -0.3 is 0 Å². The monoisotopic (exact) mass is 218 g/mol. The number of hydrogen-bond acceptors (Lipinski definition) is 1. The van der Waals surface area contributed by atoms with Gasteiger partial charge in [-0.15, -0.1) is 0 Å². The molecule has 1 aromatic rings. The summed E-state index contributed by atoms with van der Waals surface area (Å²) >= 11 is 5.58. The molecule has 0 saturated heterocycles. The molecule has 0 aliphatic rings. The molecule has 0 fully saturated rings. The van der Waals surface area contributed by atoms with Crippen molar-refractivity contribution < 1.29 is 13.6 Å². The molecule has 0 aliphatic carbocycles. The average molecular weight is 219 g/mol. The second-order valence-electron chi connectivity index (χ2n) is 3.02. The van der Waals surface area contributed by atoms with Crippen LogP contribution in [0.4, 0.5) is 8.78 Å². The van der Waals surface area contributed by atoms with Crippen molar-refractivity contribution in [3.05, 3.63) is 34.3 Å². The van der Waals surface area contributed by atoms with Crippen LogP contribution >= 0.6 is 11.6 Å². The first-order valence-electron chi connectivity index (χ1n) is 4.06. The molecule has 0 bridgehead atoms. The van der Waals surface area contributed by atoms with Crippen LogP contribution in [-0.2, 0) is 11.2 Å². The van der Waals surface area contributed by atoms with E-state index in [-0.39, 0.29) is 22.8 Å². The molecular formula is C10H9ClF2O. The maximum atomic E-state index is 12.5. The Morgan fingerprint density at radius 1 is 1.50 bits per heavy atom. The van der Waals surface area contributed by atoms with Crippen molar-refractivity contribution in [3.8, 4) is 0 Å². The fourth-order valence-electron chi connectivity index (χ4n) is 1.20. The van der Waals surface area contributed by atoms with Gasteiger partial charge in [0.05, 0.1) is 0 Å². The van der Waals surface area contributed by atoms with Crippen molar-refractivity contribution in [1.29, 1.82) is 0 Å². The standard InChI is InChI=1S/C10H9ClF2O/c1-6(14)4-7-2-3-8(11)5-9(7)10(12)13/h2-3,5,10H,4H2,1H3. The number of benzene rings is 1. The molecule has 0 aliphatic heterocycles. The highest BCUT2D eigenvalue weighted by molar-refractivity contribution is 6.30. The zero-order valence-corrected chi connectivity index (χ0v) is 8.31. The van der Waals surface area contributed by atoms with Gasteiger partial charge in [-0.3, -0.25) is 4.79 Å². The van der Waals surface area contributed by atoms with Crippen LogP contribution in [-0.4, -0.2) is 5.78 Å². The number of carbonyl (C=O) groups is 1. The lowest BCUT2D eigenvalue weighted by molar-refractivity contribution is -0.116. The summed E-state index contributed by atoms with van der Waals surface area (Å²) in [6.45, 7) is 1.36. The van der Waals surface area contributed by atoms with Gasteiger partial charge in [-0.1, -0.05) is 17.7 Å². The predicted octanol–water partition coefficient (Wildman–Crippen LogP) is 3.41. The summed E-state index contributed by atoms with van der Waals surface area (Å²) in [5.41, 5.74) is 0.185. The van der Waals surface area contributed by atoms with Gasteiger partial charge >= 0.3 is 0 Å². The first kappa shape index (κ1) is 11.1. The Bertz CT molecular complexity index is 350. The van der Waals surface area contributed by atoms with Gasteiger partial charge in [0.1, 0.15) is 5.78 Å². The highest BCUT2D eigenvalue weighted by Gasteiger charge is 2.14. The third-order valence-electron chi connectivity index (χ3n) is 1.78. The minimum Gasteiger partial charge on any atom is -0.300 e. The molecule has 14 heavy (non-hydrogen) atoms. The number of carbonyl (C=O) groups excluding carboxylic acids is 1. The van der Waals surface area contributed by atoms with Crippen LogP contribution in [0.25, 0.3) is 0 Å². The van der Waals surface area contributed by atoms with E-state index in [0.717, 1.165) is 0 Å². The minimum absolute atomic E-state index is 0.0246. The molecule has 76 valence electrons. The molecule has 0 unspecified atom stereocenters. The summed E-state index contributed by atoms with van der Waals surface area (Å²) in [6.07, 6.45) is -2.57. The summed E-state index contributed by atoms with van der Waals surface area (Å²) in [6, 6.07) is 4.17. The van der Waals surface area contributed by atoms with Crippen molar-refractivity contribution in [2.24, 2.45) is 0 Å². The third-order valence-corrected chi connectivity index (χ3v) is 2.02. The Morgan fingerprint density at radius 3 is 2.64 bits per heavy atom. The second kappa shape index (κ2) is 4.51. The van der Waals surface area contributed by atoms with E-state index < -0.39 is 6.43 Å². The maximum absolute atomic E-state index is 12.5. The molecule has 0 atom stereocenters. The molecule has 0 heterocycles. The van der Waals surface area contributed by atoms with Gasteiger partial charge in [-0.05, 0) is 24.6 Å². The average Bonchev–Trinajstić information content (AvgIpc) is 2.07. The van der Waals surface area contributed by atoms with Gasteiger partial charge in [0.2, 0.25) is 0 Å². The number of Topliss-reactive ketones (excluding diaryl/α,β-unsaturated/α-hetero) is 1. The zero-order chi connectivity index (χ0) is 10.7. The molecule has 0 N–H and O–H groups in total. The van der Waals surface area contributed by atoms with Crippen LogP contribution in [0.3, 0.4) is 0 Å². The van der Waals surface area contributed by atoms with Gasteiger partial charge in [-0.25, -0.2) is 8.78 Å². The predicted molar refractivity (Wildman–Crippen MR) is 50.8 cm³/mol. The number of halogens is 3. The second-order valence-corrected chi connectivity index (χ2v) is 3.46. The number of hydrogen-bond donors (Lipinski definition) is 0. The molecule has 1 nitrogen and oxygen atoms in total. The first-order valence-corrected chi connectivity index (χ1v) is 4.44. The van der Waals surface area contributed by atoms with E-state index in [0.29, 0.717) is 5.56 Å². The van der Waals surface area contributed by atoms with Gasteiger partial charge in [0.15, 0.2) is 0 Å². The zero-order valence-electron chi connectivity index (χ0n) is 7.56. The number of rotatable bonds is 3. The summed E-state index contributed by atoms with van der Waals surface area (Å²) < 4.78 is 25.0. The van der Waals surface area contributed by atoms with Gasteiger partial charge in [0.25, 0.3) is 6.43 Å². The topological polar surface area (TPSA) is 17.1 Å². The van der Waals surface area contributed by atoms with Crippen LogP contribution in [0.5, 0.6) is 0 Å². The van der Waals surface area contributed by atoms with E-state index >= 15 is 0 Å². The van der Waals surface area contributed by atoms with Crippen molar-refractivity contribution in [2.45, 2.75) is 19.8 Å². The molecule has 4 heteroatoms. The summed E-state index contributed by atoms with van der Waals surface area (Å²) in [4.78, 5) is 10.8. The van der Waals surface area contributed by atoms with Gasteiger partial charge in [0, 0.05) is 17.0 Å². The fraction of sp³-hybridized carbons (Fsp3) is 0.300. The van der Waals surface area contributed by atoms with E-state index in [1.165, 1.54) is 25.1 Å². The molecule has 1 aromatic carbocycles. The SMILES string of the molecule is CC(=O)Cc1ccc(Cl)cc1C(F)F. The summed E-state index contributed by atoms with van der Waals surface area (Å²) in [5, 5.41) is 0.257. The van der Waals surface area contributed by atoms with E-state index in [2.05, 4.69) is 0 Å². The van der Waals surface area contributed by atoms with Crippen LogP contribution in [0, 0.1) is 0 Å². The molecular weight excluding hydrogens is 210 g/mol. The first-order chi connectivity index (χ1) is 6.50. The lowest BCUT2D eigenvalue weighted by Gasteiger charge is -2.07. The highest BCUT2D eigenvalue weighted by atomic mass is 35.5. The highest BCUT2D eigenvalue weighted by Crippen LogP contribution is 2.26. The van der Waals surface area contributed by atoms with Crippen LogP contribution in [0.2, 0.25) is 5.02 Å². The number of ketones is 1. The van der Waals surface area contributed by atoms with E-state index in [9.17, 15) is 13.6 Å². The molecule has 0 saturated carbocycles. The Morgan fingerprint density at radius 2 is 2.14 bits per heavy atom. The quantitative estimate of drug-likeness (QED) is 0.760. The van der Waals surface area contributed by atoms with Crippen molar-refractivity contribution in [2.75, 3.05) is 0 Å². The normalized spacial score (nSPS) is 10.6. The third kappa shape index (κ3) is 2.77. The van der Waals surface area contributed by atoms with Crippen LogP contribution in [0.15, 0.2) is 18.2 Å². The molecule has 0 amide bonds. The fourth-order valence-corrected chi connectivity index (χ4v) is 1.38. The Balaban J connectivity index is 3.08. The number of alkyl halides is 2. The molecule has 0 aromatic heterocycles. The molecule has 1 rings (SSSR count). The Kier molecular flexibility index (Phi) is 3.58. The van der Waals surface area contributed by atoms with E-state index in [1.54, 1.807) is 0 Å². The van der Waals surface area contributed by atoms with Gasteiger partial charge in [-0.2, -0.15) is 0 Å². The summed E-state index contributed by atoms with van der Waals surface area (Å²) in [5.74, 6) is -0.144. The van der Waals surface area contributed by atoms with Crippen molar-refractivity contribution in [3.63, 3.8) is 0 Å². The van der Waals surface area contributed by atoms with Crippen molar-refractivity contribution in [1.82, 2.24) is 0 Å². The minimum atomic E-state index is -2.59. The van der Waals surface area contributed by atoms with Crippen LogP contribution in [0.1, 0.15) is 24.5 Å². The van der Waals surface area contributed by atoms with E-state index in [1.807, 2.05) is 0 Å². The molecule has 0 spiro atoms. The Labute approximate surface area is 85.7 Å². The van der Waals surface area contributed by atoms with E-state index in [4.69, 9.17) is 11.6 Å². The largest absolute Gasteiger partial charge is 0.300 e. The Hall–Kier alpha value is -0.960. The molecule has 0 radical (unpaired) electrons. The lowest BCUT2D eigenvalue weighted by atomic mass is 10.0.